The van der Waals surface area contributed by atoms with Crippen molar-refractivity contribution in [1.29, 1.82) is 0 Å². The summed E-state index contributed by atoms with van der Waals surface area (Å²) in [4.78, 5) is 13.4. The third-order valence-electron chi connectivity index (χ3n) is 2.91. The van der Waals surface area contributed by atoms with Crippen LogP contribution in [0.2, 0.25) is 0 Å². The molecule has 0 aliphatic rings. The molecule has 0 aliphatic carbocycles. The standard InChI is InChI=1S/C19H20O2S2/c1-15(21-16(2)20)13-14-19(22-17-9-5-3-6-10-17)23-18-11-7-4-8-12-18/h3-12,14-15H,13H2,1-2H3/t15-/m0/s1. The molecule has 0 heterocycles. The fraction of sp³-hybridized carbons (Fsp3) is 0.211. The number of ether oxygens (including phenoxy) is 1. The highest BCUT2D eigenvalue weighted by Gasteiger charge is 2.07. The van der Waals surface area contributed by atoms with E-state index in [0.29, 0.717) is 6.42 Å². The highest BCUT2D eigenvalue weighted by Crippen LogP contribution is 2.39. The lowest BCUT2D eigenvalue weighted by molar-refractivity contribution is -0.145. The van der Waals surface area contributed by atoms with Gasteiger partial charge in [-0.2, -0.15) is 0 Å². The summed E-state index contributed by atoms with van der Waals surface area (Å²) in [5.74, 6) is -0.237. The Morgan fingerprint density at radius 3 is 1.91 bits per heavy atom. The van der Waals surface area contributed by atoms with E-state index in [4.69, 9.17) is 4.74 Å². The average molecular weight is 345 g/mol. The zero-order valence-corrected chi connectivity index (χ0v) is 14.9. The van der Waals surface area contributed by atoms with Crippen LogP contribution in [0, 0.1) is 0 Å². The fourth-order valence-corrected chi connectivity index (χ4v) is 4.06. The van der Waals surface area contributed by atoms with Gasteiger partial charge in [0.2, 0.25) is 0 Å². The van der Waals surface area contributed by atoms with E-state index in [1.807, 2.05) is 43.3 Å². The van der Waals surface area contributed by atoms with E-state index < -0.39 is 0 Å². The molecule has 0 bridgehead atoms. The second-order valence-corrected chi connectivity index (χ2v) is 7.50. The first-order valence-electron chi connectivity index (χ1n) is 7.46. The smallest absolute Gasteiger partial charge is 0.302 e. The molecule has 2 aromatic carbocycles. The molecule has 0 N–H and O–H groups in total. The van der Waals surface area contributed by atoms with Crippen LogP contribution in [-0.2, 0) is 9.53 Å². The second-order valence-electron chi connectivity index (χ2n) is 5.01. The molecule has 0 radical (unpaired) electrons. The van der Waals surface area contributed by atoms with Crippen LogP contribution in [0.1, 0.15) is 20.3 Å². The van der Waals surface area contributed by atoms with Crippen LogP contribution in [0.15, 0.2) is 80.8 Å². The number of thioether (sulfide) groups is 2. The van der Waals surface area contributed by atoms with Gasteiger partial charge in [-0.3, -0.25) is 4.79 Å². The molecule has 23 heavy (non-hydrogen) atoms. The third-order valence-corrected chi connectivity index (χ3v) is 5.16. The van der Waals surface area contributed by atoms with Gasteiger partial charge in [-0.25, -0.2) is 0 Å². The number of carbonyl (C=O) groups is 1. The Morgan fingerprint density at radius 2 is 1.48 bits per heavy atom. The van der Waals surface area contributed by atoms with Crippen molar-refractivity contribution in [3.05, 3.63) is 71.0 Å². The van der Waals surface area contributed by atoms with Crippen molar-refractivity contribution in [1.82, 2.24) is 0 Å². The minimum Gasteiger partial charge on any atom is -0.463 e. The van der Waals surface area contributed by atoms with Crippen LogP contribution in [0.4, 0.5) is 0 Å². The normalized spacial score (nSPS) is 11.6. The summed E-state index contributed by atoms with van der Waals surface area (Å²) in [6, 6.07) is 20.6. The maximum Gasteiger partial charge on any atom is 0.302 e. The molecule has 0 spiro atoms. The predicted molar refractivity (Wildman–Crippen MR) is 98.5 cm³/mol. The Kier molecular flexibility index (Phi) is 7.30. The Hall–Kier alpha value is -1.65. The number of hydrogen-bond acceptors (Lipinski definition) is 4. The van der Waals surface area contributed by atoms with Crippen molar-refractivity contribution in [2.45, 2.75) is 36.2 Å². The van der Waals surface area contributed by atoms with Crippen molar-refractivity contribution in [3.63, 3.8) is 0 Å². The van der Waals surface area contributed by atoms with Crippen LogP contribution in [-0.4, -0.2) is 12.1 Å². The Balaban J connectivity index is 2.08. The van der Waals surface area contributed by atoms with Gasteiger partial charge in [0, 0.05) is 27.4 Å². The molecule has 0 amide bonds. The molecule has 1 atom stereocenters. The van der Waals surface area contributed by atoms with E-state index in [1.165, 1.54) is 21.0 Å². The molecule has 0 unspecified atom stereocenters. The molecule has 0 fully saturated rings. The van der Waals surface area contributed by atoms with Crippen LogP contribution < -0.4 is 0 Å². The first-order valence-corrected chi connectivity index (χ1v) is 9.10. The maximum atomic E-state index is 11.0. The summed E-state index contributed by atoms with van der Waals surface area (Å²) in [5, 5.41) is 0. The van der Waals surface area contributed by atoms with Gasteiger partial charge in [-0.05, 0) is 31.2 Å². The minimum atomic E-state index is -0.237. The van der Waals surface area contributed by atoms with Gasteiger partial charge in [0.15, 0.2) is 0 Å². The van der Waals surface area contributed by atoms with Gasteiger partial charge < -0.3 is 4.74 Å². The lowest BCUT2D eigenvalue weighted by atomic mass is 10.3. The summed E-state index contributed by atoms with van der Waals surface area (Å²) in [6.07, 6.45) is 2.73. The minimum absolute atomic E-state index is 0.116. The van der Waals surface area contributed by atoms with Gasteiger partial charge in [-0.1, -0.05) is 66.0 Å². The number of rotatable bonds is 7. The zero-order valence-electron chi connectivity index (χ0n) is 13.3. The molecule has 4 heteroatoms. The van der Waals surface area contributed by atoms with Crippen molar-refractivity contribution >= 4 is 29.5 Å². The fourth-order valence-electron chi connectivity index (χ4n) is 1.91. The van der Waals surface area contributed by atoms with E-state index in [9.17, 15) is 4.79 Å². The molecular formula is C19H20O2S2. The van der Waals surface area contributed by atoms with Crippen LogP contribution in [0.3, 0.4) is 0 Å². The van der Waals surface area contributed by atoms with E-state index in [-0.39, 0.29) is 12.1 Å². The topological polar surface area (TPSA) is 26.3 Å². The molecule has 2 aromatic rings. The number of esters is 1. The summed E-state index contributed by atoms with van der Waals surface area (Å²) in [6.45, 7) is 3.36. The van der Waals surface area contributed by atoms with Crippen LogP contribution in [0.25, 0.3) is 0 Å². The predicted octanol–water partition coefficient (Wildman–Crippen LogP) is 5.75. The quantitative estimate of drug-likeness (QED) is 0.471. The Bertz CT molecular complexity index is 595. The van der Waals surface area contributed by atoms with Crippen LogP contribution in [0.5, 0.6) is 0 Å². The summed E-state index contributed by atoms with van der Waals surface area (Å²) in [5.41, 5.74) is 0. The zero-order chi connectivity index (χ0) is 16.5. The van der Waals surface area contributed by atoms with Crippen molar-refractivity contribution < 1.29 is 9.53 Å². The number of benzene rings is 2. The van der Waals surface area contributed by atoms with Gasteiger partial charge >= 0.3 is 5.97 Å². The van der Waals surface area contributed by atoms with Crippen molar-refractivity contribution in [2.75, 3.05) is 0 Å². The second kappa shape index (κ2) is 9.48. The molecule has 2 nitrogen and oxygen atoms in total. The summed E-state index contributed by atoms with van der Waals surface area (Å²) in [7, 11) is 0. The van der Waals surface area contributed by atoms with Gasteiger partial charge in [0.25, 0.3) is 0 Å². The molecule has 0 aromatic heterocycles. The van der Waals surface area contributed by atoms with E-state index in [1.54, 1.807) is 23.5 Å². The Labute approximate surface area is 146 Å². The number of hydrogen-bond donors (Lipinski definition) is 0. The van der Waals surface area contributed by atoms with E-state index >= 15 is 0 Å². The summed E-state index contributed by atoms with van der Waals surface area (Å²) >= 11 is 3.46. The monoisotopic (exact) mass is 344 g/mol. The first kappa shape index (κ1) is 17.7. The van der Waals surface area contributed by atoms with Gasteiger partial charge in [0.05, 0.1) is 0 Å². The molecule has 0 saturated carbocycles. The third kappa shape index (κ3) is 6.97. The molecule has 120 valence electrons. The molecule has 0 aliphatic heterocycles. The molecule has 2 rings (SSSR count). The highest BCUT2D eigenvalue weighted by molar-refractivity contribution is 8.22. The molecular weight excluding hydrogens is 324 g/mol. The highest BCUT2D eigenvalue weighted by atomic mass is 32.2. The van der Waals surface area contributed by atoms with Crippen LogP contribution >= 0.6 is 23.5 Å². The van der Waals surface area contributed by atoms with Gasteiger partial charge in [0.1, 0.15) is 6.10 Å². The van der Waals surface area contributed by atoms with Crippen molar-refractivity contribution in [2.24, 2.45) is 0 Å². The van der Waals surface area contributed by atoms with E-state index in [0.717, 1.165) is 0 Å². The maximum absolute atomic E-state index is 11.0. The largest absolute Gasteiger partial charge is 0.463 e. The lowest BCUT2D eigenvalue weighted by Crippen LogP contribution is -2.10. The number of carbonyl (C=O) groups excluding carboxylic acids is 1. The van der Waals surface area contributed by atoms with E-state index in [2.05, 4.69) is 30.3 Å². The summed E-state index contributed by atoms with van der Waals surface area (Å²) < 4.78 is 6.38. The first-order chi connectivity index (χ1) is 11.1. The van der Waals surface area contributed by atoms with Gasteiger partial charge in [-0.15, -0.1) is 0 Å². The lowest BCUT2D eigenvalue weighted by Gasteiger charge is -2.11. The SMILES string of the molecule is CC(=O)O[C@@H](C)CC=C(Sc1ccccc1)Sc1ccccc1. The van der Waals surface area contributed by atoms with Crippen molar-refractivity contribution in [3.8, 4) is 0 Å². The Morgan fingerprint density at radius 1 is 1.00 bits per heavy atom. The molecule has 0 saturated heterocycles. The average Bonchev–Trinajstić information content (AvgIpc) is 2.54.